The van der Waals surface area contributed by atoms with Crippen LogP contribution in [0.3, 0.4) is 0 Å². The molecule has 106 valence electrons. The first-order valence-corrected chi connectivity index (χ1v) is 7.39. The molecule has 0 aliphatic carbocycles. The van der Waals surface area contributed by atoms with Crippen LogP contribution in [0.2, 0.25) is 0 Å². The van der Waals surface area contributed by atoms with Crippen LogP contribution in [0.25, 0.3) is 0 Å². The van der Waals surface area contributed by atoms with Crippen LogP contribution in [0, 0.1) is 10.5 Å². The van der Waals surface area contributed by atoms with Crippen molar-refractivity contribution in [2.45, 2.75) is 33.1 Å². The van der Waals surface area contributed by atoms with Gasteiger partial charge in [0.05, 0.1) is 6.33 Å². The first-order valence-electron chi connectivity index (χ1n) is 6.31. The lowest BCUT2D eigenvalue weighted by Crippen LogP contribution is -2.15. The van der Waals surface area contributed by atoms with Crippen LogP contribution < -0.4 is 10.3 Å². The van der Waals surface area contributed by atoms with Crippen molar-refractivity contribution < 1.29 is 4.74 Å². The molecule has 0 amide bonds. The molecule has 0 radical (unpaired) electrons. The van der Waals surface area contributed by atoms with E-state index in [1.807, 2.05) is 41.6 Å². The molecular weight excluding hydrogens is 367 g/mol. The second kappa shape index (κ2) is 5.55. The van der Waals surface area contributed by atoms with E-state index in [4.69, 9.17) is 4.74 Å². The number of H-pyrrole nitrogens is 1. The smallest absolute Gasteiger partial charge is 0.268 e. The van der Waals surface area contributed by atoms with Crippen LogP contribution in [-0.4, -0.2) is 9.97 Å². The summed E-state index contributed by atoms with van der Waals surface area (Å²) in [5.74, 6) is 1.07. The molecule has 1 aromatic carbocycles. The Kier molecular flexibility index (Phi) is 4.17. The normalized spacial score (nSPS) is 11.4. The number of hydrogen-bond donors (Lipinski definition) is 1. The second-order valence-corrected chi connectivity index (χ2v) is 6.78. The fourth-order valence-corrected chi connectivity index (χ4v) is 2.27. The molecule has 0 saturated carbocycles. The van der Waals surface area contributed by atoms with E-state index in [0.717, 1.165) is 11.3 Å². The molecule has 2 rings (SSSR count). The fourth-order valence-electron chi connectivity index (χ4n) is 1.86. The number of rotatable bonds is 2. The zero-order valence-electron chi connectivity index (χ0n) is 12.0. The molecule has 0 bridgehead atoms. The summed E-state index contributed by atoms with van der Waals surface area (Å²) in [5.41, 5.74) is 2.03. The summed E-state index contributed by atoms with van der Waals surface area (Å²) in [7, 11) is 0. The predicted octanol–water partition coefficient (Wildman–Crippen LogP) is 3.77. The van der Waals surface area contributed by atoms with Crippen LogP contribution in [0.1, 0.15) is 31.9 Å². The van der Waals surface area contributed by atoms with Crippen LogP contribution in [-0.2, 0) is 5.41 Å². The minimum absolute atomic E-state index is 0.0476. The Labute approximate surface area is 131 Å². The van der Waals surface area contributed by atoms with Gasteiger partial charge in [0.25, 0.3) is 5.56 Å². The van der Waals surface area contributed by atoms with Crippen LogP contribution in [0.5, 0.6) is 11.6 Å². The third-order valence-corrected chi connectivity index (χ3v) is 3.87. The van der Waals surface area contributed by atoms with Crippen molar-refractivity contribution in [2.24, 2.45) is 0 Å². The molecule has 0 saturated heterocycles. The fraction of sp³-hybridized carbons (Fsp3) is 0.333. The number of aromatic amines is 1. The average molecular weight is 384 g/mol. The van der Waals surface area contributed by atoms with E-state index in [2.05, 4.69) is 36.8 Å². The molecule has 20 heavy (non-hydrogen) atoms. The third kappa shape index (κ3) is 3.20. The number of benzene rings is 1. The maximum Gasteiger partial charge on any atom is 0.268 e. The van der Waals surface area contributed by atoms with Gasteiger partial charge in [0.15, 0.2) is 0 Å². The highest BCUT2D eigenvalue weighted by Crippen LogP contribution is 2.34. The van der Waals surface area contributed by atoms with Crippen LogP contribution >= 0.6 is 22.6 Å². The van der Waals surface area contributed by atoms with Gasteiger partial charge in [-0.25, -0.2) is 4.98 Å². The first kappa shape index (κ1) is 15.0. The molecule has 2 aromatic rings. The topological polar surface area (TPSA) is 55.0 Å². The summed E-state index contributed by atoms with van der Waals surface area (Å²) >= 11 is 1.94. The molecule has 0 atom stereocenters. The molecule has 0 aliphatic heterocycles. The van der Waals surface area contributed by atoms with Gasteiger partial charge in [-0.3, -0.25) is 4.79 Å². The second-order valence-electron chi connectivity index (χ2n) is 5.70. The first-order chi connectivity index (χ1) is 9.29. The highest BCUT2D eigenvalue weighted by atomic mass is 127. The maximum atomic E-state index is 11.6. The van der Waals surface area contributed by atoms with Gasteiger partial charge in [0, 0.05) is 5.56 Å². The molecule has 1 N–H and O–H groups in total. The Morgan fingerprint density at radius 3 is 2.65 bits per heavy atom. The molecule has 0 unspecified atom stereocenters. The Morgan fingerprint density at radius 2 is 2.00 bits per heavy atom. The quantitative estimate of drug-likeness (QED) is 0.802. The largest absolute Gasteiger partial charge is 0.437 e. The van der Waals surface area contributed by atoms with E-state index in [9.17, 15) is 4.79 Å². The molecule has 0 spiro atoms. The van der Waals surface area contributed by atoms with Gasteiger partial charge >= 0.3 is 0 Å². The standard InChI is InChI=1S/C15H17IN2O2/c1-9-5-6-11(10(7-9)15(2,3)4)20-14-12(16)13(19)17-8-18-14/h5-8H,1-4H3,(H,17,18,19). The number of nitrogens with zero attached hydrogens (tertiary/aromatic N) is 1. The van der Waals surface area contributed by atoms with Gasteiger partial charge in [0.1, 0.15) is 9.32 Å². The van der Waals surface area contributed by atoms with Crippen LogP contribution in [0.15, 0.2) is 29.3 Å². The van der Waals surface area contributed by atoms with Crippen molar-refractivity contribution in [3.63, 3.8) is 0 Å². The number of halogens is 1. The van der Waals surface area contributed by atoms with E-state index < -0.39 is 0 Å². The average Bonchev–Trinajstić information content (AvgIpc) is 2.36. The number of hydrogen-bond acceptors (Lipinski definition) is 3. The number of aryl methyl sites for hydroxylation is 1. The Balaban J connectivity index is 2.49. The Bertz CT molecular complexity index is 687. The van der Waals surface area contributed by atoms with E-state index in [1.54, 1.807) is 0 Å². The third-order valence-electron chi connectivity index (χ3n) is 2.91. The zero-order chi connectivity index (χ0) is 14.9. The van der Waals surface area contributed by atoms with Gasteiger partial charge in [0.2, 0.25) is 5.88 Å². The molecule has 1 aromatic heterocycles. The van der Waals surface area contributed by atoms with Crippen molar-refractivity contribution in [1.82, 2.24) is 9.97 Å². The predicted molar refractivity (Wildman–Crippen MR) is 87.5 cm³/mol. The SMILES string of the molecule is Cc1ccc(Oc2nc[nH]c(=O)c2I)c(C(C)(C)C)c1. The van der Waals surface area contributed by atoms with Crippen molar-refractivity contribution >= 4 is 22.6 Å². The maximum absolute atomic E-state index is 11.6. The van der Waals surface area contributed by atoms with Crippen LogP contribution in [0.4, 0.5) is 0 Å². The summed E-state index contributed by atoms with van der Waals surface area (Å²) in [6, 6.07) is 6.02. The number of aromatic nitrogens is 2. The summed E-state index contributed by atoms with van der Waals surface area (Å²) in [4.78, 5) is 18.2. The van der Waals surface area contributed by atoms with E-state index in [1.165, 1.54) is 11.9 Å². The summed E-state index contributed by atoms with van der Waals surface area (Å²) < 4.78 is 6.31. The molecule has 4 nitrogen and oxygen atoms in total. The zero-order valence-corrected chi connectivity index (χ0v) is 14.1. The van der Waals surface area contributed by atoms with Gasteiger partial charge in [-0.1, -0.05) is 38.5 Å². The highest BCUT2D eigenvalue weighted by Gasteiger charge is 2.20. The van der Waals surface area contributed by atoms with E-state index >= 15 is 0 Å². The van der Waals surface area contributed by atoms with E-state index in [0.29, 0.717) is 9.45 Å². The minimum Gasteiger partial charge on any atom is -0.437 e. The van der Waals surface area contributed by atoms with E-state index in [-0.39, 0.29) is 11.0 Å². The summed E-state index contributed by atoms with van der Waals surface area (Å²) in [6.45, 7) is 8.44. The van der Waals surface area contributed by atoms with Gasteiger partial charge in [-0.15, -0.1) is 0 Å². The van der Waals surface area contributed by atoms with Crippen molar-refractivity contribution in [3.05, 3.63) is 49.6 Å². The number of nitrogens with one attached hydrogen (secondary N) is 1. The van der Waals surface area contributed by atoms with Crippen molar-refractivity contribution in [3.8, 4) is 11.6 Å². The molecular formula is C15H17IN2O2. The molecule has 0 aliphatic rings. The lowest BCUT2D eigenvalue weighted by molar-refractivity contribution is 0.434. The summed E-state index contributed by atoms with van der Waals surface area (Å²) in [5, 5.41) is 0. The minimum atomic E-state index is -0.194. The Hall–Kier alpha value is -1.37. The lowest BCUT2D eigenvalue weighted by Gasteiger charge is -2.23. The van der Waals surface area contributed by atoms with Crippen molar-refractivity contribution in [1.29, 1.82) is 0 Å². The molecule has 0 fully saturated rings. The van der Waals surface area contributed by atoms with Gasteiger partial charge in [-0.05, 0) is 41.0 Å². The molecule has 5 heteroatoms. The summed E-state index contributed by atoms with van der Waals surface area (Å²) in [6.07, 6.45) is 1.35. The Morgan fingerprint density at radius 1 is 1.30 bits per heavy atom. The lowest BCUT2D eigenvalue weighted by atomic mass is 9.85. The molecule has 1 heterocycles. The van der Waals surface area contributed by atoms with Crippen molar-refractivity contribution in [2.75, 3.05) is 0 Å². The highest BCUT2D eigenvalue weighted by molar-refractivity contribution is 14.1. The van der Waals surface area contributed by atoms with Gasteiger partial charge in [-0.2, -0.15) is 0 Å². The monoisotopic (exact) mass is 384 g/mol. The van der Waals surface area contributed by atoms with Gasteiger partial charge < -0.3 is 9.72 Å². The number of ether oxygens (including phenoxy) is 1.